The zero-order chi connectivity index (χ0) is 13.1. The molecule has 0 bridgehead atoms. The van der Waals surface area contributed by atoms with E-state index in [0.717, 1.165) is 4.47 Å². The van der Waals surface area contributed by atoms with E-state index in [2.05, 4.69) is 15.9 Å². The second-order valence-electron chi connectivity index (χ2n) is 3.66. The van der Waals surface area contributed by atoms with Crippen LogP contribution in [-0.2, 0) is 19.7 Å². The second kappa shape index (κ2) is 5.31. The van der Waals surface area contributed by atoms with Crippen molar-refractivity contribution in [1.82, 2.24) is 0 Å². The third kappa shape index (κ3) is 2.66. The number of hydrogen-bond acceptors (Lipinski definition) is 3. The highest BCUT2D eigenvalue weighted by atomic mass is 79.9. The molecule has 0 fully saturated rings. The fourth-order valence-corrected chi connectivity index (χ4v) is 1.65. The van der Waals surface area contributed by atoms with E-state index in [-0.39, 0.29) is 6.61 Å². The predicted octanol–water partition coefficient (Wildman–Crippen LogP) is 2.35. The lowest BCUT2D eigenvalue weighted by Gasteiger charge is -2.22. The maximum Gasteiger partial charge on any atom is 0.327 e. The second-order valence-corrected chi connectivity index (χ2v) is 4.57. The topological polar surface area (TPSA) is 63.6 Å². The lowest BCUT2D eigenvalue weighted by Crippen LogP contribution is -2.42. The molecule has 0 heterocycles. The van der Waals surface area contributed by atoms with Crippen LogP contribution in [0.5, 0.6) is 0 Å². The summed E-state index contributed by atoms with van der Waals surface area (Å²) in [5, 5.41) is 9.24. The van der Waals surface area contributed by atoms with Gasteiger partial charge >= 0.3 is 11.9 Å². The summed E-state index contributed by atoms with van der Waals surface area (Å²) in [5.41, 5.74) is -1.27. The lowest BCUT2D eigenvalue weighted by atomic mass is 9.82. The minimum Gasteiger partial charge on any atom is -0.480 e. The van der Waals surface area contributed by atoms with Crippen LogP contribution in [0.1, 0.15) is 19.4 Å². The Labute approximate surface area is 108 Å². The molecular weight excluding hydrogens is 288 g/mol. The first-order valence-corrected chi connectivity index (χ1v) is 5.89. The van der Waals surface area contributed by atoms with Crippen molar-refractivity contribution in [1.29, 1.82) is 0 Å². The average molecular weight is 301 g/mol. The van der Waals surface area contributed by atoms with E-state index in [1.165, 1.54) is 6.92 Å². The molecule has 0 radical (unpaired) electrons. The van der Waals surface area contributed by atoms with Gasteiger partial charge in [0.15, 0.2) is 5.41 Å². The van der Waals surface area contributed by atoms with Crippen LogP contribution in [0, 0.1) is 0 Å². The Hall–Kier alpha value is -1.36. The fourth-order valence-electron chi connectivity index (χ4n) is 1.39. The monoisotopic (exact) mass is 300 g/mol. The number of halogens is 1. The smallest absolute Gasteiger partial charge is 0.327 e. The Balaban J connectivity index is 3.20. The van der Waals surface area contributed by atoms with Crippen molar-refractivity contribution >= 4 is 27.9 Å². The summed E-state index contributed by atoms with van der Waals surface area (Å²) in [6.45, 7) is 3.14. The number of rotatable bonds is 4. The number of ether oxygens (including phenoxy) is 1. The Morgan fingerprint density at radius 3 is 2.29 bits per heavy atom. The van der Waals surface area contributed by atoms with Gasteiger partial charge in [-0.25, -0.2) is 0 Å². The SMILES string of the molecule is CCOC(=O)C(C)(C(=O)O)c1ccc(Br)cc1. The van der Waals surface area contributed by atoms with Gasteiger partial charge in [-0.05, 0) is 31.5 Å². The summed E-state index contributed by atoms with van der Waals surface area (Å²) in [6.07, 6.45) is 0. The van der Waals surface area contributed by atoms with Crippen LogP contribution in [0.25, 0.3) is 0 Å². The molecule has 5 heteroatoms. The number of carboxylic acid groups (broad SMARTS) is 1. The molecule has 17 heavy (non-hydrogen) atoms. The third-order valence-electron chi connectivity index (χ3n) is 2.53. The molecule has 0 amide bonds. The highest BCUT2D eigenvalue weighted by Crippen LogP contribution is 2.27. The van der Waals surface area contributed by atoms with Crippen LogP contribution in [0.2, 0.25) is 0 Å². The lowest BCUT2D eigenvalue weighted by molar-refractivity contribution is -0.160. The first-order chi connectivity index (χ1) is 7.92. The maximum atomic E-state index is 11.8. The number of carboxylic acids is 1. The van der Waals surface area contributed by atoms with Gasteiger partial charge < -0.3 is 9.84 Å². The Kier molecular flexibility index (Phi) is 4.28. The molecule has 0 saturated carbocycles. The summed E-state index contributed by atoms with van der Waals surface area (Å²) < 4.78 is 5.64. The molecule has 1 unspecified atom stereocenters. The highest BCUT2D eigenvalue weighted by Gasteiger charge is 2.44. The number of hydrogen-bond donors (Lipinski definition) is 1. The van der Waals surface area contributed by atoms with Crippen molar-refractivity contribution in [3.63, 3.8) is 0 Å². The quantitative estimate of drug-likeness (QED) is 0.685. The first-order valence-electron chi connectivity index (χ1n) is 5.09. The minimum absolute atomic E-state index is 0.151. The summed E-state index contributed by atoms with van der Waals surface area (Å²) >= 11 is 3.25. The van der Waals surface area contributed by atoms with Crippen molar-refractivity contribution in [2.75, 3.05) is 6.61 Å². The molecule has 0 spiro atoms. The van der Waals surface area contributed by atoms with Crippen molar-refractivity contribution in [2.45, 2.75) is 19.3 Å². The van der Waals surface area contributed by atoms with E-state index < -0.39 is 17.4 Å². The zero-order valence-corrected chi connectivity index (χ0v) is 11.2. The molecule has 0 aliphatic heterocycles. The Bertz CT molecular complexity index is 427. The van der Waals surface area contributed by atoms with E-state index in [1.54, 1.807) is 31.2 Å². The van der Waals surface area contributed by atoms with Gasteiger partial charge in [0.2, 0.25) is 0 Å². The molecule has 1 atom stereocenters. The summed E-state index contributed by atoms with van der Waals surface area (Å²) in [5.74, 6) is -1.98. The number of carbonyl (C=O) groups is 2. The average Bonchev–Trinajstić information content (AvgIpc) is 2.29. The van der Waals surface area contributed by atoms with Crippen LogP contribution in [0.4, 0.5) is 0 Å². The van der Waals surface area contributed by atoms with E-state index in [0.29, 0.717) is 5.56 Å². The van der Waals surface area contributed by atoms with Gasteiger partial charge in [0.25, 0.3) is 0 Å². The van der Waals surface area contributed by atoms with Crippen LogP contribution < -0.4 is 0 Å². The molecule has 92 valence electrons. The molecular formula is C12H13BrO4. The largest absolute Gasteiger partial charge is 0.480 e. The van der Waals surface area contributed by atoms with E-state index >= 15 is 0 Å². The Morgan fingerprint density at radius 2 is 1.88 bits per heavy atom. The number of benzene rings is 1. The highest BCUT2D eigenvalue weighted by molar-refractivity contribution is 9.10. The molecule has 1 N–H and O–H groups in total. The van der Waals surface area contributed by atoms with E-state index in [9.17, 15) is 14.7 Å². The number of esters is 1. The Morgan fingerprint density at radius 1 is 1.35 bits per heavy atom. The molecule has 0 saturated heterocycles. The van der Waals surface area contributed by atoms with Crippen molar-refractivity contribution in [3.8, 4) is 0 Å². The summed E-state index contributed by atoms with van der Waals surface area (Å²) in [7, 11) is 0. The van der Waals surface area contributed by atoms with Gasteiger partial charge in [-0.3, -0.25) is 9.59 Å². The molecule has 1 aromatic carbocycles. The fraction of sp³-hybridized carbons (Fsp3) is 0.333. The molecule has 1 aromatic rings. The van der Waals surface area contributed by atoms with Gasteiger partial charge in [-0.15, -0.1) is 0 Å². The van der Waals surface area contributed by atoms with E-state index in [4.69, 9.17) is 4.74 Å². The predicted molar refractivity (Wildman–Crippen MR) is 65.8 cm³/mol. The molecule has 1 rings (SSSR count). The normalized spacial score (nSPS) is 13.8. The van der Waals surface area contributed by atoms with Crippen LogP contribution in [0.3, 0.4) is 0 Å². The third-order valence-corrected chi connectivity index (χ3v) is 3.06. The van der Waals surface area contributed by atoms with Crippen molar-refractivity contribution < 1.29 is 19.4 Å². The molecule has 0 aromatic heterocycles. The van der Waals surface area contributed by atoms with Crippen LogP contribution in [-0.4, -0.2) is 23.7 Å². The van der Waals surface area contributed by atoms with Crippen molar-refractivity contribution in [3.05, 3.63) is 34.3 Å². The van der Waals surface area contributed by atoms with Gasteiger partial charge in [-0.1, -0.05) is 28.1 Å². The summed E-state index contributed by atoms with van der Waals surface area (Å²) in [4.78, 5) is 23.1. The number of carbonyl (C=O) groups excluding carboxylic acids is 1. The number of aliphatic carboxylic acids is 1. The van der Waals surface area contributed by atoms with E-state index in [1.807, 2.05) is 0 Å². The van der Waals surface area contributed by atoms with Gasteiger partial charge in [0, 0.05) is 4.47 Å². The minimum atomic E-state index is -1.67. The van der Waals surface area contributed by atoms with Crippen LogP contribution in [0.15, 0.2) is 28.7 Å². The summed E-state index contributed by atoms with van der Waals surface area (Å²) in [6, 6.07) is 6.57. The standard InChI is InChI=1S/C12H13BrO4/c1-3-17-11(16)12(2,10(14)15)8-4-6-9(13)7-5-8/h4-7H,3H2,1-2H3,(H,14,15). The van der Waals surface area contributed by atoms with Gasteiger partial charge in [-0.2, -0.15) is 0 Å². The maximum absolute atomic E-state index is 11.8. The van der Waals surface area contributed by atoms with Gasteiger partial charge in [0.05, 0.1) is 6.61 Å². The zero-order valence-electron chi connectivity index (χ0n) is 9.57. The first kappa shape index (κ1) is 13.7. The molecule has 0 aliphatic rings. The molecule has 4 nitrogen and oxygen atoms in total. The van der Waals surface area contributed by atoms with Crippen LogP contribution >= 0.6 is 15.9 Å². The van der Waals surface area contributed by atoms with Gasteiger partial charge in [0.1, 0.15) is 0 Å². The molecule has 0 aliphatic carbocycles. The van der Waals surface area contributed by atoms with Crippen molar-refractivity contribution in [2.24, 2.45) is 0 Å².